The van der Waals surface area contributed by atoms with Crippen LogP contribution in [0, 0.1) is 0 Å². The molecule has 0 radical (unpaired) electrons. The van der Waals surface area contributed by atoms with Crippen molar-refractivity contribution in [3.05, 3.63) is 42.2 Å². The van der Waals surface area contributed by atoms with E-state index in [-0.39, 0.29) is 17.8 Å². The lowest BCUT2D eigenvalue weighted by atomic mass is 10.1. The molecule has 0 spiro atoms. The Labute approximate surface area is 122 Å². The van der Waals surface area contributed by atoms with Crippen molar-refractivity contribution < 1.29 is 13.5 Å². The molecule has 0 aliphatic carbocycles. The summed E-state index contributed by atoms with van der Waals surface area (Å²) >= 11 is 0. The first-order valence-electron chi connectivity index (χ1n) is 6.81. The lowest BCUT2D eigenvalue weighted by Crippen LogP contribution is -2.10. The van der Waals surface area contributed by atoms with Gasteiger partial charge in [0.2, 0.25) is 0 Å². The van der Waals surface area contributed by atoms with Crippen molar-refractivity contribution in [2.75, 3.05) is 5.32 Å². The number of hydrogen-bond donors (Lipinski definition) is 1. The van der Waals surface area contributed by atoms with Crippen molar-refractivity contribution in [3.8, 4) is 5.75 Å². The highest BCUT2D eigenvalue weighted by Crippen LogP contribution is 2.28. The van der Waals surface area contributed by atoms with E-state index in [0.29, 0.717) is 5.56 Å². The molecule has 0 amide bonds. The average Bonchev–Trinajstić information content (AvgIpc) is 2.87. The van der Waals surface area contributed by atoms with Gasteiger partial charge in [0.15, 0.2) is 0 Å². The van der Waals surface area contributed by atoms with E-state index < -0.39 is 6.61 Å². The van der Waals surface area contributed by atoms with E-state index in [2.05, 4.69) is 15.2 Å². The maximum atomic E-state index is 12.4. The first-order chi connectivity index (χ1) is 9.97. The van der Waals surface area contributed by atoms with Crippen molar-refractivity contribution in [2.45, 2.75) is 39.5 Å². The zero-order valence-electron chi connectivity index (χ0n) is 12.3. The summed E-state index contributed by atoms with van der Waals surface area (Å²) < 4.78 is 31.2. The molecule has 4 nitrogen and oxygen atoms in total. The van der Waals surface area contributed by atoms with Gasteiger partial charge in [-0.3, -0.25) is 4.68 Å². The van der Waals surface area contributed by atoms with Gasteiger partial charge >= 0.3 is 6.61 Å². The number of para-hydroxylation sites is 1. The molecule has 0 fully saturated rings. The Morgan fingerprint density at radius 3 is 2.52 bits per heavy atom. The van der Waals surface area contributed by atoms with Crippen LogP contribution in [0.5, 0.6) is 5.75 Å². The summed E-state index contributed by atoms with van der Waals surface area (Å²) in [6, 6.07) is 6.86. The molecule has 1 atom stereocenters. The number of anilines is 1. The van der Waals surface area contributed by atoms with Crippen LogP contribution in [0.25, 0.3) is 0 Å². The number of halogens is 2. The normalized spacial score (nSPS) is 12.7. The van der Waals surface area contributed by atoms with Crippen LogP contribution in [-0.4, -0.2) is 16.4 Å². The zero-order valence-corrected chi connectivity index (χ0v) is 12.3. The number of benzene rings is 1. The van der Waals surface area contributed by atoms with Crippen LogP contribution in [0.15, 0.2) is 36.7 Å². The minimum absolute atomic E-state index is 0.176. The summed E-state index contributed by atoms with van der Waals surface area (Å²) in [4.78, 5) is 0. The summed E-state index contributed by atoms with van der Waals surface area (Å²) in [7, 11) is 0. The van der Waals surface area contributed by atoms with Gasteiger partial charge in [0.05, 0.1) is 17.9 Å². The number of hydrogen-bond acceptors (Lipinski definition) is 3. The first-order valence-corrected chi connectivity index (χ1v) is 6.81. The largest absolute Gasteiger partial charge is 0.434 e. The van der Waals surface area contributed by atoms with E-state index in [9.17, 15) is 8.78 Å². The molecule has 0 aliphatic rings. The molecule has 1 aromatic heterocycles. The van der Waals surface area contributed by atoms with Crippen molar-refractivity contribution in [1.29, 1.82) is 0 Å². The molecule has 0 saturated carbocycles. The van der Waals surface area contributed by atoms with Gasteiger partial charge in [0.1, 0.15) is 5.75 Å². The van der Waals surface area contributed by atoms with Crippen LogP contribution < -0.4 is 10.1 Å². The van der Waals surface area contributed by atoms with Crippen molar-refractivity contribution in [3.63, 3.8) is 0 Å². The first kappa shape index (κ1) is 15.3. The molecule has 1 aromatic carbocycles. The predicted molar refractivity (Wildman–Crippen MR) is 77.7 cm³/mol. The van der Waals surface area contributed by atoms with Crippen LogP contribution in [0.2, 0.25) is 0 Å². The Balaban J connectivity index is 2.14. The van der Waals surface area contributed by atoms with Crippen molar-refractivity contribution >= 4 is 5.69 Å². The minimum atomic E-state index is -2.83. The van der Waals surface area contributed by atoms with Gasteiger partial charge in [-0.2, -0.15) is 13.9 Å². The highest BCUT2D eigenvalue weighted by molar-refractivity contribution is 5.45. The van der Waals surface area contributed by atoms with Crippen LogP contribution >= 0.6 is 0 Å². The highest BCUT2D eigenvalue weighted by atomic mass is 19.3. The second-order valence-corrected chi connectivity index (χ2v) is 5.09. The Bertz CT molecular complexity index is 584. The maximum absolute atomic E-state index is 12.4. The third-order valence-electron chi connectivity index (χ3n) is 3.12. The van der Waals surface area contributed by atoms with Crippen LogP contribution in [-0.2, 0) is 0 Å². The molecule has 0 aliphatic heterocycles. The summed E-state index contributed by atoms with van der Waals surface area (Å²) in [5.74, 6) is 0.184. The third-order valence-corrected chi connectivity index (χ3v) is 3.12. The van der Waals surface area contributed by atoms with Crippen LogP contribution in [0.1, 0.15) is 38.4 Å². The SMILES string of the molecule is CC(Nc1cnn(C(C)C)c1)c1ccccc1OC(F)F. The molecular formula is C15H19F2N3O. The lowest BCUT2D eigenvalue weighted by molar-refractivity contribution is -0.0505. The maximum Gasteiger partial charge on any atom is 0.387 e. The molecule has 2 aromatic rings. The summed E-state index contributed by atoms with van der Waals surface area (Å²) in [5, 5.41) is 7.47. The highest BCUT2D eigenvalue weighted by Gasteiger charge is 2.15. The predicted octanol–water partition coefficient (Wildman–Crippen LogP) is 4.24. The molecule has 1 N–H and O–H groups in total. The molecule has 0 bridgehead atoms. The zero-order chi connectivity index (χ0) is 15.4. The van der Waals surface area contributed by atoms with E-state index in [1.54, 1.807) is 24.4 Å². The number of alkyl halides is 2. The number of ether oxygens (including phenoxy) is 1. The minimum Gasteiger partial charge on any atom is -0.434 e. The molecule has 2 rings (SSSR count). The Morgan fingerprint density at radius 1 is 1.19 bits per heavy atom. The Hall–Kier alpha value is -2.11. The lowest BCUT2D eigenvalue weighted by Gasteiger charge is -2.18. The molecule has 21 heavy (non-hydrogen) atoms. The number of nitrogens with zero attached hydrogens (tertiary/aromatic N) is 2. The molecule has 1 heterocycles. The Kier molecular flexibility index (Phi) is 4.77. The second-order valence-electron chi connectivity index (χ2n) is 5.09. The second kappa shape index (κ2) is 6.56. The van der Waals surface area contributed by atoms with Gasteiger partial charge in [-0.1, -0.05) is 18.2 Å². The number of nitrogens with one attached hydrogen (secondary N) is 1. The van der Waals surface area contributed by atoms with Crippen LogP contribution in [0.3, 0.4) is 0 Å². The van der Waals surface area contributed by atoms with Gasteiger partial charge in [-0.25, -0.2) is 0 Å². The quantitative estimate of drug-likeness (QED) is 0.866. The van der Waals surface area contributed by atoms with E-state index in [4.69, 9.17) is 0 Å². The standard InChI is InChI=1S/C15H19F2N3O/c1-10(2)20-9-12(8-18-20)19-11(3)13-6-4-5-7-14(13)21-15(16)17/h4-11,15,19H,1-3H3. The van der Waals surface area contributed by atoms with E-state index in [1.807, 2.05) is 31.6 Å². The molecule has 114 valence electrons. The van der Waals surface area contributed by atoms with E-state index in [1.165, 1.54) is 6.07 Å². The number of aromatic nitrogens is 2. The van der Waals surface area contributed by atoms with E-state index in [0.717, 1.165) is 5.69 Å². The van der Waals surface area contributed by atoms with Crippen LogP contribution in [0.4, 0.5) is 14.5 Å². The van der Waals surface area contributed by atoms with Crippen molar-refractivity contribution in [2.24, 2.45) is 0 Å². The van der Waals surface area contributed by atoms with Gasteiger partial charge in [-0.05, 0) is 26.8 Å². The van der Waals surface area contributed by atoms with Crippen molar-refractivity contribution in [1.82, 2.24) is 9.78 Å². The fourth-order valence-electron chi connectivity index (χ4n) is 2.06. The average molecular weight is 295 g/mol. The monoisotopic (exact) mass is 295 g/mol. The molecule has 6 heteroatoms. The Morgan fingerprint density at radius 2 is 1.90 bits per heavy atom. The topological polar surface area (TPSA) is 39.1 Å². The fraction of sp³-hybridized carbons (Fsp3) is 0.400. The third kappa shape index (κ3) is 3.93. The number of rotatable bonds is 6. The van der Waals surface area contributed by atoms with Gasteiger partial charge in [0.25, 0.3) is 0 Å². The molecule has 0 saturated heterocycles. The van der Waals surface area contributed by atoms with Gasteiger partial charge in [-0.15, -0.1) is 0 Å². The fourth-order valence-corrected chi connectivity index (χ4v) is 2.06. The molecule has 1 unspecified atom stereocenters. The van der Waals surface area contributed by atoms with Gasteiger partial charge < -0.3 is 10.1 Å². The van der Waals surface area contributed by atoms with E-state index >= 15 is 0 Å². The summed E-state index contributed by atoms with van der Waals surface area (Å²) in [5.41, 5.74) is 1.51. The molecular weight excluding hydrogens is 276 g/mol. The summed E-state index contributed by atoms with van der Waals surface area (Å²) in [6.45, 7) is 3.13. The van der Waals surface area contributed by atoms with Gasteiger partial charge in [0, 0.05) is 17.8 Å². The summed E-state index contributed by atoms with van der Waals surface area (Å²) in [6.07, 6.45) is 3.60. The smallest absolute Gasteiger partial charge is 0.387 e.